The van der Waals surface area contributed by atoms with Crippen molar-refractivity contribution < 1.29 is 0 Å². The van der Waals surface area contributed by atoms with Crippen LogP contribution in [0, 0.1) is 6.92 Å². The normalized spacial score (nSPS) is 10.9. The molecule has 0 atom stereocenters. The molecule has 0 amide bonds. The van der Waals surface area contributed by atoms with E-state index in [1.165, 1.54) is 11.5 Å². The fourth-order valence-electron chi connectivity index (χ4n) is 1.92. The molecule has 0 saturated carbocycles. The van der Waals surface area contributed by atoms with Crippen LogP contribution in [0.15, 0.2) is 36.4 Å². The first-order chi connectivity index (χ1) is 8.25. The van der Waals surface area contributed by atoms with Crippen LogP contribution in [0.3, 0.4) is 0 Å². The van der Waals surface area contributed by atoms with Crippen LogP contribution in [0.1, 0.15) is 5.56 Å². The Labute approximate surface area is 103 Å². The molecule has 0 aliphatic rings. The third kappa shape index (κ3) is 1.66. The molecule has 3 nitrogen and oxygen atoms in total. The molecule has 0 unspecified atom stereocenters. The van der Waals surface area contributed by atoms with Crippen molar-refractivity contribution in [2.45, 2.75) is 6.92 Å². The maximum absolute atomic E-state index is 5.83. The van der Waals surface area contributed by atoms with Gasteiger partial charge in [0.25, 0.3) is 0 Å². The van der Waals surface area contributed by atoms with Crippen LogP contribution in [0.25, 0.3) is 21.5 Å². The van der Waals surface area contributed by atoms with Gasteiger partial charge in [-0.1, -0.05) is 30.3 Å². The number of hydrogen-bond acceptors (Lipinski definition) is 4. The Hall–Kier alpha value is -1.94. The molecule has 3 aromatic rings. The van der Waals surface area contributed by atoms with E-state index >= 15 is 0 Å². The number of aromatic nitrogens is 2. The van der Waals surface area contributed by atoms with Crippen LogP contribution in [-0.4, -0.2) is 9.36 Å². The van der Waals surface area contributed by atoms with Gasteiger partial charge < -0.3 is 5.73 Å². The van der Waals surface area contributed by atoms with Crippen LogP contribution in [0.2, 0.25) is 0 Å². The fraction of sp³-hybridized carbons (Fsp3) is 0.0769. The summed E-state index contributed by atoms with van der Waals surface area (Å²) in [6.45, 7) is 2.04. The molecule has 84 valence electrons. The Morgan fingerprint density at radius 1 is 1.18 bits per heavy atom. The maximum Gasteiger partial charge on any atom is 0.146 e. The first-order valence-corrected chi connectivity index (χ1v) is 6.11. The molecule has 17 heavy (non-hydrogen) atoms. The summed E-state index contributed by atoms with van der Waals surface area (Å²) < 4.78 is 4.15. The van der Waals surface area contributed by atoms with Crippen molar-refractivity contribution in [1.82, 2.24) is 9.36 Å². The van der Waals surface area contributed by atoms with Gasteiger partial charge >= 0.3 is 0 Å². The summed E-state index contributed by atoms with van der Waals surface area (Å²) >= 11 is 1.35. The first-order valence-electron chi connectivity index (χ1n) is 5.33. The van der Waals surface area contributed by atoms with Crippen molar-refractivity contribution in [2.24, 2.45) is 0 Å². The number of nitrogen functional groups attached to an aromatic ring is 1. The highest BCUT2D eigenvalue weighted by molar-refractivity contribution is 7.13. The van der Waals surface area contributed by atoms with Crippen molar-refractivity contribution >= 4 is 27.6 Å². The molecule has 0 spiro atoms. The SMILES string of the molecule is Cc1cc(-c2ccccc2)nc2snc(N)c12. The van der Waals surface area contributed by atoms with E-state index in [-0.39, 0.29) is 0 Å². The maximum atomic E-state index is 5.83. The molecular formula is C13H11N3S. The molecule has 2 heterocycles. The van der Waals surface area contributed by atoms with Gasteiger partial charge in [0.15, 0.2) is 0 Å². The van der Waals surface area contributed by atoms with Gasteiger partial charge in [0.2, 0.25) is 0 Å². The molecular weight excluding hydrogens is 230 g/mol. The second-order valence-electron chi connectivity index (χ2n) is 3.94. The average molecular weight is 241 g/mol. The van der Waals surface area contributed by atoms with Gasteiger partial charge in [0.05, 0.1) is 11.1 Å². The second kappa shape index (κ2) is 3.82. The van der Waals surface area contributed by atoms with Crippen LogP contribution >= 0.6 is 11.5 Å². The van der Waals surface area contributed by atoms with E-state index in [1.54, 1.807) is 0 Å². The summed E-state index contributed by atoms with van der Waals surface area (Å²) in [5.74, 6) is 0.578. The fourth-order valence-corrected chi connectivity index (χ4v) is 2.69. The lowest BCUT2D eigenvalue weighted by Crippen LogP contribution is -1.89. The van der Waals surface area contributed by atoms with Gasteiger partial charge in [-0.2, -0.15) is 4.37 Å². The summed E-state index contributed by atoms with van der Waals surface area (Å²) in [6, 6.07) is 12.2. The molecule has 0 fully saturated rings. The van der Waals surface area contributed by atoms with Crippen LogP contribution in [-0.2, 0) is 0 Å². The Kier molecular flexibility index (Phi) is 2.30. The largest absolute Gasteiger partial charge is 0.382 e. The predicted molar refractivity (Wildman–Crippen MR) is 72.0 cm³/mol. The van der Waals surface area contributed by atoms with Gasteiger partial charge in [-0.3, -0.25) is 0 Å². The van der Waals surface area contributed by atoms with Gasteiger partial charge in [-0.15, -0.1) is 0 Å². The van der Waals surface area contributed by atoms with Crippen LogP contribution < -0.4 is 5.73 Å². The van der Waals surface area contributed by atoms with Gasteiger partial charge in [-0.05, 0) is 30.1 Å². The minimum absolute atomic E-state index is 0.578. The Bertz CT molecular complexity index is 674. The highest BCUT2D eigenvalue weighted by Crippen LogP contribution is 2.29. The average Bonchev–Trinajstić information content (AvgIpc) is 2.73. The highest BCUT2D eigenvalue weighted by atomic mass is 32.1. The topological polar surface area (TPSA) is 51.8 Å². The highest BCUT2D eigenvalue weighted by Gasteiger charge is 2.10. The lowest BCUT2D eigenvalue weighted by Gasteiger charge is -2.03. The number of anilines is 1. The van der Waals surface area contributed by atoms with E-state index in [0.29, 0.717) is 5.82 Å². The standard InChI is InChI=1S/C13H11N3S/c1-8-7-10(9-5-3-2-4-6-9)15-13-11(8)12(14)16-17-13/h2-7H,1H3,(H2,14,16). The molecule has 2 aromatic heterocycles. The minimum Gasteiger partial charge on any atom is -0.382 e. The summed E-state index contributed by atoms with van der Waals surface area (Å²) in [5, 5.41) is 0.981. The first kappa shape index (κ1) is 10.2. The van der Waals surface area contributed by atoms with Gasteiger partial charge in [0.1, 0.15) is 10.6 Å². The van der Waals surface area contributed by atoms with E-state index in [9.17, 15) is 0 Å². The van der Waals surface area contributed by atoms with Crippen molar-refractivity contribution in [3.05, 3.63) is 42.0 Å². The Balaban J connectivity index is 2.26. The molecule has 0 saturated heterocycles. The van der Waals surface area contributed by atoms with E-state index in [0.717, 1.165) is 27.0 Å². The number of benzene rings is 1. The smallest absolute Gasteiger partial charge is 0.146 e. The summed E-state index contributed by atoms with van der Waals surface area (Å²) in [6.07, 6.45) is 0. The third-order valence-corrected chi connectivity index (χ3v) is 3.50. The zero-order valence-electron chi connectivity index (χ0n) is 9.34. The predicted octanol–water partition coefficient (Wildman–Crippen LogP) is 3.25. The number of hydrogen-bond donors (Lipinski definition) is 1. The summed E-state index contributed by atoms with van der Waals surface area (Å²) in [7, 11) is 0. The van der Waals surface area contributed by atoms with Crippen molar-refractivity contribution in [3.63, 3.8) is 0 Å². The molecule has 2 N–H and O–H groups in total. The molecule has 0 radical (unpaired) electrons. The zero-order valence-corrected chi connectivity index (χ0v) is 10.2. The van der Waals surface area contributed by atoms with Crippen LogP contribution in [0.4, 0.5) is 5.82 Å². The number of fused-ring (bicyclic) bond motifs is 1. The quantitative estimate of drug-likeness (QED) is 0.711. The molecule has 0 aliphatic heterocycles. The summed E-state index contributed by atoms with van der Waals surface area (Å²) in [4.78, 5) is 5.51. The van der Waals surface area contributed by atoms with Crippen molar-refractivity contribution in [3.8, 4) is 11.3 Å². The number of nitrogens with zero attached hydrogens (tertiary/aromatic N) is 2. The Morgan fingerprint density at radius 2 is 1.94 bits per heavy atom. The Morgan fingerprint density at radius 3 is 2.71 bits per heavy atom. The molecule has 4 heteroatoms. The number of rotatable bonds is 1. The van der Waals surface area contributed by atoms with E-state index in [1.807, 2.05) is 25.1 Å². The summed E-state index contributed by atoms with van der Waals surface area (Å²) in [5.41, 5.74) is 9.04. The van der Waals surface area contributed by atoms with Gasteiger partial charge in [0, 0.05) is 5.56 Å². The number of aryl methyl sites for hydroxylation is 1. The number of pyridine rings is 1. The third-order valence-electron chi connectivity index (χ3n) is 2.74. The molecule has 0 aliphatic carbocycles. The van der Waals surface area contributed by atoms with E-state index < -0.39 is 0 Å². The molecule has 0 bridgehead atoms. The van der Waals surface area contributed by atoms with Gasteiger partial charge in [-0.25, -0.2) is 4.98 Å². The lowest BCUT2D eigenvalue weighted by molar-refractivity contribution is 1.38. The van der Waals surface area contributed by atoms with Crippen LogP contribution in [0.5, 0.6) is 0 Å². The zero-order chi connectivity index (χ0) is 11.8. The number of nitrogens with two attached hydrogens (primary N) is 1. The minimum atomic E-state index is 0.578. The monoisotopic (exact) mass is 241 g/mol. The second-order valence-corrected chi connectivity index (χ2v) is 4.69. The van der Waals surface area contributed by atoms with E-state index in [2.05, 4.69) is 27.6 Å². The van der Waals surface area contributed by atoms with Crippen molar-refractivity contribution in [1.29, 1.82) is 0 Å². The molecule has 3 rings (SSSR count). The lowest BCUT2D eigenvalue weighted by atomic mass is 10.1. The molecule has 1 aromatic carbocycles. The van der Waals surface area contributed by atoms with Crippen molar-refractivity contribution in [2.75, 3.05) is 5.73 Å². The van der Waals surface area contributed by atoms with E-state index in [4.69, 9.17) is 5.73 Å².